The second kappa shape index (κ2) is 5.63. The fourth-order valence-corrected chi connectivity index (χ4v) is 1.77. The Kier molecular flexibility index (Phi) is 4.22. The van der Waals surface area contributed by atoms with Crippen LogP contribution in [-0.2, 0) is 17.6 Å². The molecule has 0 amide bonds. The molecule has 0 saturated carbocycles. The molecule has 0 N–H and O–H groups in total. The average Bonchev–Trinajstić information content (AvgIpc) is 2.78. The van der Waals surface area contributed by atoms with Gasteiger partial charge in [0, 0.05) is 6.42 Å². The summed E-state index contributed by atoms with van der Waals surface area (Å²) in [6.07, 6.45) is 0.239. The summed E-state index contributed by atoms with van der Waals surface area (Å²) in [6.45, 7) is 4.01. The van der Waals surface area contributed by atoms with E-state index in [0.29, 0.717) is 17.8 Å². The van der Waals surface area contributed by atoms with Crippen molar-refractivity contribution in [2.45, 2.75) is 45.4 Å². The largest absolute Gasteiger partial charge is 0.416 e. The van der Waals surface area contributed by atoms with Crippen molar-refractivity contribution in [1.29, 1.82) is 0 Å². The molecule has 0 fully saturated rings. The number of ether oxygens (including phenoxy) is 1. The Bertz CT molecular complexity index is 619. The first kappa shape index (κ1) is 15.8. The van der Waals surface area contributed by atoms with E-state index in [0.717, 1.165) is 25.8 Å². The van der Waals surface area contributed by atoms with Crippen LogP contribution in [0.4, 0.5) is 13.2 Å². The Balaban J connectivity index is 2.01. The number of alkyl halides is 3. The van der Waals surface area contributed by atoms with E-state index in [1.54, 1.807) is 16.9 Å². The van der Waals surface area contributed by atoms with Crippen molar-refractivity contribution in [3.05, 3.63) is 29.7 Å². The van der Waals surface area contributed by atoms with Gasteiger partial charge in [0.15, 0.2) is 11.2 Å². The standard InChI is InChI=1S/C14H18F3N3O/c1-4-10-7-12-19-11(9-20(12)18-8-10)5-6-21-13(2,3)14(15,16)17/h7-9H,4-6H2,1-3H3. The highest BCUT2D eigenvalue weighted by Gasteiger charge is 2.48. The van der Waals surface area contributed by atoms with E-state index in [-0.39, 0.29) is 6.61 Å². The minimum absolute atomic E-state index is 0.0446. The maximum atomic E-state index is 12.7. The van der Waals surface area contributed by atoms with Crippen LogP contribution in [0.1, 0.15) is 32.0 Å². The summed E-state index contributed by atoms with van der Waals surface area (Å²) in [4.78, 5) is 4.34. The summed E-state index contributed by atoms with van der Waals surface area (Å²) in [5, 5.41) is 4.20. The van der Waals surface area contributed by atoms with Gasteiger partial charge in [-0.25, -0.2) is 9.50 Å². The zero-order valence-corrected chi connectivity index (χ0v) is 12.2. The van der Waals surface area contributed by atoms with Gasteiger partial charge in [-0.15, -0.1) is 0 Å². The van der Waals surface area contributed by atoms with Gasteiger partial charge in [-0.1, -0.05) is 6.92 Å². The van der Waals surface area contributed by atoms with Crippen molar-refractivity contribution in [2.75, 3.05) is 6.61 Å². The van der Waals surface area contributed by atoms with Crippen molar-refractivity contribution in [2.24, 2.45) is 0 Å². The van der Waals surface area contributed by atoms with Gasteiger partial charge in [-0.3, -0.25) is 0 Å². The zero-order chi connectivity index (χ0) is 15.7. The average molecular weight is 301 g/mol. The Morgan fingerprint density at radius 1 is 1.29 bits per heavy atom. The van der Waals surface area contributed by atoms with Crippen molar-refractivity contribution >= 4 is 5.65 Å². The van der Waals surface area contributed by atoms with E-state index in [1.807, 2.05) is 13.0 Å². The normalized spacial score (nSPS) is 13.0. The highest BCUT2D eigenvalue weighted by atomic mass is 19.4. The molecule has 7 heteroatoms. The maximum Gasteiger partial charge on any atom is 0.416 e. The lowest BCUT2D eigenvalue weighted by atomic mass is 10.1. The minimum Gasteiger partial charge on any atom is -0.366 e. The lowest BCUT2D eigenvalue weighted by Crippen LogP contribution is -2.42. The van der Waals surface area contributed by atoms with E-state index >= 15 is 0 Å². The predicted molar refractivity (Wildman–Crippen MR) is 72.2 cm³/mol. The summed E-state index contributed by atoms with van der Waals surface area (Å²) >= 11 is 0. The van der Waals surface area contributed by atoms with E-state index in [4.69, 9.17) is 4.74 Å². The first-order valence-corrected chi connectivity index (χ1v) is 6.77. The molecular weight excluding hydrogens is 283 g/mol. The molecule has 2 heterocycles. The van der Waals surface area contributed by atoms with E-state index in [1.165, 1.54) is 0 Å². The van der Waals surface area contributed by atoms with Crippen LogP contribution in [0.5, 0.6) is 0 Å². The second-order valence-corrected chi connectivity index (χ2v) is 5.36. The van der Waals surface area contributed by atoms with E-state index in [9.17, 15) is 13.2 Å². The van der Waals surface area contributed by atoms with Gasteiger partial charge in [0.1, 0.15) is 0 Å². The number of rotatable bonds is 5. The Morgan fingerprint density at radius 3 is 2.62 bits per heavy atom. The number of fused-ring (bicyclic) bond motifs is 1. The van der Waals surface area contributed by atoms with Gasteiger partial charge in [-0.05, 0) is 31.9 Å². The minimum atomic E-state index is -4.39. The fraction of sp³-hybridized carbons (Fsp3) is 0.571. The number of aromatic nitrogens is 3. The second-order valence-electron chi connectivity index (χ2n) is 5.36. The first-order valence-electron chi connectivity index (χ1n) is 6.77. The van der Waals surface area contributed by atoms with Gasteiger partial charge in [0.25, 0.3) is 0 Å². The maximum absolute atomic E-state index is 12.7. The van der Waals surface area contributed by atoms with E-state index in [2.05, 4.69) is 10.1 Å². The molecule has 21 heavy (non-hydrogen) atoms. The van der Waals surface area contributed by atoms with Gasteiger partial charge in [0.2, 0.25) is 0 Å². The summed E-state index contributed by atoms with van der Waals surface area (Å²) in [5.74, 6) is 0. The van der Waals surface area contributed by atoms with Gasteiger partial charge >= 0.3 is 6.18 Å². The number of imidazole rings is 1. The molecule has 0 radical (unpaired) electrons. The first-order chi connectivity index (χ1) is 9.73. The third-order valence-corrected chi connectivity index (χ3v) is 3.34. The van der Waals surface area contributed by atoms with Crippen LogP contribution in [0.3, 0.4) is 0 Å². The molecule has 0 aliphatic heterocycles. The highest BCUT2D eigenvalue weighted by Crippen LogP contribution is 2.32. The van der Waals surface area contributed by atoms with Crippen LogP contribution < -0.4 is 0 Å². The summed E-state index contributed by atoms with van der Waals surface area (Å²) in [5.41, 5.74) is 0.266. The summed E-state index contributed by atoms with van der Waals surface area (Å²) < 4.78 is 44.5. The monoisotopic (exact) mass is 301 g/mol. The van der Waals surface area contributed by atoms with Crippen molar-refractivity contribution in [3.63, 3.8) is 0 Å². The quantitative estimate of drug-likeness (QED) is 0.851. The van der Waals surface area contributed by atoms with Crippen molar-refractivity contribution < 1.29 is 17.9 Å². The van der Waals surface area contributed by atoms with Gasteiger partial charge < -0.3 is 4.74 Å². The Labute approximate surface area is 120 Å². The lowest BCUT2D eigenvalue weighted by molar-refractivity contribution is -0.263. The van der Waals surface area contributed by atoms with Crippen molar-refractivity contribution in [1.82, 2.24) is 14.6 Å². The molecule has 0 aliphatic rings. The van der Waals surface area contributed by atoms with Crippen molar-refractivity contribution in [3.8, 4) is 0 Å². The molecule has 2 rings (SSSR count). The number of hydrogen-bond acceptors (Lipinski definition) is 3. The van der Waals surface area contributed by atoms with E-state index < -0.39 is 11.8 Å². The zero-order valence-electron chi connectivity index (χ0n) is 12.2. The molecule has 0 atom stereocenters. The number of halogens is 3. The topological polar surface area (TPSA) is 39.4 Å². The molecule has 0 saturated heterocycles. The van der Waals surface area contributed by atoms with Crippen LogP contribution in [0, 0.1) is 0 Å². The van der Waals surface area contributed by atoms with Gasteiger partial charge in [0.05, 0.1) is 24.7 Å². The van der Waals surface area contributed by atoms with Gasteiger partial charge in [-0.2, -0.15) is 18.3 Å². The molecular formula is C14H18F3N3O. The molecule has 0 unspecified atom stereocenters. The number of nitrogens with zero attached hydrogens (tertiary/aromatic N) is 3. The molecule has 116 valence electrons. The Hall–Kier alpha value is -1.63. The predicted octanol–water partition coefficient (Wildman–Crippen LogP) is 3.19. The molecule has 0 spiro atoms. The molecule has 4 nitrogen and oxygen atoms in total. The number of aryl methyl sites for hydroxylation is 1. The molecule has 0 aliphatic carbocycles. The fourth-order valence-electron chi connectivity index (χ4n) is 1.77. The smallest absolute Gasteiger partial charge is 0.366 e. The highest BCUT2D eigenvalue weighted by molar-refractivity contribution is 5.40. The number of hydrogen-bond donors (Lipinski definition) is 0. The summed E-state index contributed by atoms with van der Waals surface area (Å²) in [7, 11) is 0. The Morgan fingerprint density at radius 2 is 2.00 bits per heavy atom. The van der Waals surface area contributed by atoms with Crippen LogP contribution in [0.25, 0.3) is 5.65 Å². The van der Waals surface area contributed by atoms with Crippen LogP contribution in [0.15, 0.2) is 18.5 Å². The third-order valence-electron chi connectivity index (χ3n) is 3.34. The molecule has 2 aromatic heterocycles. The molecule has 0 aromatic carbocycles. The van der Waals surface area contributed by atoms with Crippen LogP contribution >= 0.6 is 0 Å². The molecule has 2 aromatic rings. The lowest BCUT2D eigenvalue weighted by Gasteiger charge is -2.27. The van der Waals surface area contributed by atoms with Crippen LogP contribution in [0.2, 0.25) is 0 Å². The third kappa shape index (κ3) is 3.53. The SMILES string of the molecule is CCc1cnn2cc(CCOC(C)(C)C(F)(F)F)nc2c1. The molecule has 0 bridgehead atoms. The van der Waals surface area contributed by atoms with Crippen LogP contribution in [-0.4, -0.2) is 33.0 Å². The summed E-state index contributed by atoms with van der Waals surface area (Å²) in [6, 6.07) is 1.91.